The number of carbonyl (C=O) groups is 1. The van der Waals surface area contributed by atoms with E-state index in [1.807, 2.05) is 24.3 Å². The van der Waals surface area contributed by atoms with E-state index in [9.17, 15) is 4.79 Å². The Bertz CT molecular complexity index is 956. The number of carbonyl (C=O) groups excluding carboxylic acids is 1. The molecule has 0 aliphatic carbocycles. The van der Waals surface area contributed by atoms with Crippen molar-refractivity contribution >= 4 is 28.2 Å². The molecule has 0 spiro atoms. The Morgan fingerprint density at radius 2 is 2.07 bits per heavy atom. The Balaban J connectivity index is 1.61. The molecule has 1 aliphatic heterocycles. The molecule has 1 fully saturated rings. The molecule has 3 heterocycles. The van der Waals surface area contributed by atoms with Gasteiger partial charge in [0.1, 0.15) is 0 Å². The van der Waals surface area contributed by atoms with Crippen molar-refractivity contribution in [3.8, 4) is 0 Å². The van der Waals surface area contributed by atoms with Crippen LogP contribution in [0.25, 0.3) is 10.9 Å². The number of anilines is 2. The zero-order valence-electron chi connectivity index (χ0n) is 15.8. The summed E-state index contributed by atoms with van der Waals surface area (Å²) in [6.45, 7) is 6.40. The molecule has 2 N–H and O–H groups in total. The molecule has 1 saturated heterocycles. The van der Waals surface area contributed by atoms with E-state index < -0.39 is 0 Å². The normalized spacial score (nSPS) is 14.3. The zero-order valence-corrected chi connectivity index (χ0v) is 15.8. The van der Waals surface area contributed by atoms with Crippen molar-refractivity contribution in [1.29, 1.82) is 0 Å². The summed E-state index contributed by atoms with van der Waals surface area (Å²) in [5, 5.41) is 11.1. The monoisotopic (exact) mass is 363 g/mol. The minimum Gasteiger partial charge on any atom is -0.370 e. The number of aromatic amines is 1. The van der Waals surface area contributed by atoms with Crippen LogP contribution in [0.4, 0.5) is 11.4 Å². The molecule has 0 bridgehead atoms. The van der Waals surface area contributed by atoms with Crippen molar-refractivity contribution in [2.75, 3.05) is 23.3 Å². The minimum atomic E-state index is -0.208. The van der Waals surface area contributed by atoms with Gasteiger partial charge in [-0.3, -0.25) is 14.9 Å². The third kappa shape index (κ3) is 3.65. The largest absolute Gasteiger partial charge is 0.370 e. The molecule has 1 aliphatic rings. The summed E-state index contributed by atoms with van der Waals surface area (Å²) < 4.78 is 0. The molecular weight excluding hydrogens is 338 g/mol. The molecular formula is C21H25N5O. The van der Waals surface area contributed by atoms with Gasteiger partial charge in [-0.05, 0) is 55.5 Å². The lowest BCUT2D eigenvalue weighted by Gasteiger charge is -2.20. The second-order valence-corrected chi connectivity index (χ2v) is 7.56. The van der Waals surface area contributed by atoms with Gasteiger partial charge in [-0.1, -0.05) is 13.8 Å². The van der Waals surface area contributed by atoms with Crippen LogP contribution in [0.5, 0.6) is 0 Å². The highest BCUT2D eigenvalue weighted by molar-refractivity contribution is 6.09. The van der Waals surface area contributed by atoms with Gasteiger partial charge < -0.3 is 10.2 Å². The number of pyridine rings is 1. The van der Waals surface area contributed by atoms with Gasteiger partial charge in [0.15, 0.2) is 5.69 Å². The van der Waals surface area contributed by atoms with E-state index in [4.69, 9.17) is 0 Å². The van der Waals surface area contributed by atoms with Gasteiger partial charge in [0, 0.05) is 30.4 Å². The summed E-state index contributed by atoms with van der Waals surface area (Å²) in [4.78, 5) is 19.6. The average Bonchev–Trinajstić information content (AvgIpc) is 3.33. The number of hydrogen-bond donors (Lipinski definition) is 2. The van der Waals surface area contributed by atoms with E-state index in [-0.39, 0.29) is 5.91 Å². The van der Waals surface area contributed by atoms with Gasteiger partial charge in [0.25, 0.3) is 5.91 Å². The minimum absolute atomic E-state index is 0.208. The number of H-pyrrole nitrogens is 1. The maximum absolute atomic E-state index is 12.7. The number of fused-ring (bicyclic) bond motifs is 1. The third-order valence-corrected chi connectivity index (χ3v) is 4.94. The molecule has 0 atom stereocenters. The topological polar surface area (TPSA) is 73.9 Å². The van der Waals surface area contributed by atoms with Crippen molar-refractivity contribution in [3.05, 3.63) is 47.9 Å². The summed E-state index contributed by atoms with van der Waals surface area (Å²) in [5.74, 6) is 0.301. The van der Waals surface area contributed by atoms with Gasteiger partial charge >= 0.3 is 0 Å². The Kier molecular flexibility index (Phi) is 4.79. The third-order valence-electron chi connectivity index (χ3n) is 4.94. The Labute approximate surface area is 159 Å². The van der Waals surface area contributed by atoms with Gasteiger partial charge in [-0.2, -0.15) is 5.10 Å². The van der Waals surface area contributed by atoms with Crippen LogP contribution in [0.15, 0.2) is 36.5 Å². The van der Waals surface area contributed by atoms with Crippen LogP contribution < -0.4 is 10.2 Å². The first kappa shape index (κ1) is 17.5. The number of hydrogen-bond acceptors (Lipinski definition) is 4. The first-order chi connectivity index (χ1) is 13.1. The highest BCUT2D eigenvalue weighted by Gasteiger charge is 2.18. The predicted molar refractivity (Wildman–Crippen MR) is 108 cm³/mol. The van der Waals surface area contributed by atoms with E-state index in [0.29, 0.717) is 11.6 Å². The van der Waals surface area contributed by atoms with E-state index in [1.54, 1.807) is 6.20 Å². The van der Waals surface area contributed by atoms with Gasteiger partial charge in [0.2, 0.25) is 0 Å². The fourth-order valence-corrected chi connectivity index (χ4v) is 3.69. The smallest absolute Gasteiger partial charge is 0.276 e. The SMILES string of the molecule is CC(C)Cc1cc(C(=O)Nc2ccc(N3CCCC3)c3ncccc23)n[nH]1. The van der Waals surface area contributed by atoms with Crippen LogP contribution in [0.1, 0.15) is 42.9 Å². The quantitative estimate of drug-likeness (QED) is 0.718. The second kappa shape index (κ2) is 7.39. The molecule has 2 aromatic heterocycles. The van der Waals surface area contributed by atoms with E-state index in [1.165, 1.54) is 12.8 Å². The van der Waals surface area contributed by atoms with Crippen molar-refractivity contribution in [2.45, 2.75) is 33.1 Å². The fourth-order valence-electron chi connectivity index (χ4n) is 3.69. The summed E-state index contributed by atoms with van der Waals surface area (Å²) in [6, 6.07) is 9.77. The lowest BCUT2D eigenvalue weighted by Crippen LogP contribution is -2.18. The molecule has 6 nitrogen and oxygen atoms in total. The number of nitrogens with one attached hydrogen (secondary N) is 2. The van der Waals surface area contributed by atoms with Crippen molar-refractivity contribution in [1.82, 2.24) is 15.2 Å². The van der Waals surface area contributed by atoms with Crippen LogP contribution >= 0.6 is 0 Å². The number of rotatable bonds is 5. The Hall–Kier alpha value is -2.89. The zero-order chi connectivity index (χ0) is 18.8. The molecule has 140 valence electrons. The highest BCUT2D eigenvalue weighted by atomic mass is 16.1. The predicted octanol–water partition coefficient (Wildman–Crippen LogP) is 4.01. The molecule has 1 aromatic carbocycles. The highest BCUT2D eigenvalue weighted by Crippen LogP contribution is 2.32. The molecule has 3 aromatic rings. The van der Waals surface area contributed by atoms with Crippen LogP contribution in [-0.2, 0) is 6.42 Å². The summed E-state index contributed by atoms with van der Waals surface area (Å²) in [5.41, 5.74) is 4.22. The summed E-state index contributed by atoms with van der Waals surface area (Å²) in [7, 11) is 0. The maximum atomic E-state index is 12.7. The molecule has 1 amide bonds. The lowest BCUT2D eigenvalue weighted by atomic mass is 10.1. The number of nitrogens with zero attached hydrogens (tertiary/aromatic N) is 3. The average molecular weight is 363 g/mol. The van der Waals surface area contributed by atoms with Crippen LogP contribution in [-0.4, -0.2) is 34.2 Å². The fraction of sp³-hybridized carbons (Fsp3) is 0.381. The lowest BCUT2D eigenvalue weighted by molar-refractivity contribution is 0.102. The Morgan fingerprint density at radius 3 is 2.85 bits per heavy atom. The van der Waals surface area contributed by atoms with Crippen molar-refractivity contribution < 1.29 is 4.79 Å². The van der Waals surface area contributed by atoms with Crippen molar-refractivity contribution in [3.63, 3.8) is 0 Å². The van der Waals surface area contributed by atoms with Gasteiger partial charge in [-0.15, -0.1) is 0 Å². The standard InChI is InChI=1S/C21H25N5O/c1-14(2)12-15-13-18(25-24-15)21(27)23-17-7-8-19(26-10-3-4-11-26)20-16(17)6-5-9-22-20/h5-9,13-14H,3-4,10-12H2,1-2H3,(H,23,27)(H,24,25). The Morgan fingerprint density at radius 1 is 1.26 bits per heavy atom. The molecule has 6 heteroatoms. The van der Waals surface area contributed by atoms with Gasteiger partial charge in [-0.25, -0.2) is 0 Å². The number of benzene rings is 1. The van der Waals surface area contributed by atoms with Crippen molar-refractivity contribution in [2.24, 2.45) is 5.92 Å². The number of amides is 1. The summed E-state index contributed by atoms with van der Waals surface area (Å²) in [6.07, 6.45) is 5.10. The second-order valence-electron chi connectivity index (χ2n) is 7.56. The first-order valence-electron chi connectivity index (χ1n) is 9.60. The van der Waals surface area contributed by atoms with Gasteiger partial charge in [0.05, 0.1) is 16.9 Å². The van der Waals surface area contributed by atoms with E-state index in [2.05, 4.69) is 45.3 Å². The molecule has 0 radical (unpaired) electrons. The van der Waals surface area contributed by atoms with Crippen LogP contribution in [0, 0.1) is 5.92 Å². The van der Waals surface area contributed by atoms with Crippen LogP contribution in [0.2, 0.25) is 0 Å². The molecule has 27 heavy (non-hydrogen) atoms. The molecule has 0 saturated carbocycles. The van der Waals surface area contributed by atoms with E-state index >= 15 is 0 Å². The molecule has 4 rings (SSSR count). The first-order valence-corrected chi connectivity index (χ1v) is 9.60. The summed E-state index contributed by atoms with van der Waals surface area (Å²) >= 11 is 0. The van der Waals surface area contributed by atoms with E-state index in [0.717, 1.165) is 47.5 Å². The molecule has 0 unspecified atom stereocenters. The number of aromatic nitrogens is 3. The van der Waals surface area contributed by atoms with Crippen LogP contribution in [0.3, 0.4) is 0 Å². The maximum Gasteiger partial charge on any atom is 0.276 e.